The van der Waals surface area contributed by atoms with E-state index in [9.17, 15) is 0 Å². The predicted octanol–water partition coefficient (Wildman–Crippen LogP) is 14.5. The summed E-state index contributed by atoms with van der Waals surface area (Å²) in [5.41, 5.74) is 16.2. The zero-order chi connectivity index (χ0) is 38.1. The van der Waals surface area contributed by atoms with Crippen LogP contribution < -0.4 is 9.80 Å². The van der Waals surface area contributed by atoms with E-state index in [1.807, 2.05) is 0 Å². The van der Waals surface area contributed by atoms with Crippen molar-refractivity contribution in [3.8, 4) is 33.4 Å². The van der Waals surface area contributed by atoms with Crippen LogP contribution in [0.3, 0.4) is 0 Å². The minimum Gasteiger partial charge on any atom is -0.372 e. The zero-order valence-electron chi connectivity index (χ0n) is 33.6. The molecule has 7 aromatic carbocycles. The van der Waals surface area contributed by atoms with E-state index in [1.54, 1.807) is 0 Å². The van der Waals surface area contributed by atoms with Crippen LogP contribution in [0.4, 0.5) is 11.4 Å². The summed E-state index contributed by atoms with van der Waals surface area (Å²) in [5, 5.41) is 7.99. The van der Waals surface area contributed by atoms with Gasteiger partial charge in [0, 0.05) is 43.0 Å². The Labute approximate surface area is 338 Å². The molecule has 0 spiro atoms. The summed E-state index contributed by atoms with van der Waals surface area (Å²) in [4.78, 5) is 5.26. The molecule has 0 N–H and O–H groups in total. The Morgan fingerprint density at radius 3 is 1.72 bits per heavy atom. The Bertz CT molecular complexity index is 2780. The molecule has 0 bridgehead atoms. The van der Waals surface area contributed by atoms with E-state index < -0.39 is 0 Å². The third-order valence-corrected chi connectivity index (χ3v) is 13.9. The molecule has 2 heteroatoms. The Hall–Kier alpha value is -5.60. The van der Waals surface area contributed by atoms with Crippen LogP contribution >= 0.6 is 0 Å². The molecule has 2 aliphatic carbocycles. The number of benzene rings is 7. The molecular formula is C55H52N2. The number of hydrogen-bond donors (Lipinski definition) is 0. The summed E-state index contributed by atoms with van der Waals surface area (Å²) >= 11 is 0. The smallest absolute Gasteiger partial charge is 0.0372 e. The van der Waals surface area contributed by atoms with Crippen LogP contribution in [-0.4, -0.2) is 26.2 Å². The number of nitrogens with zero attached hydrogens (tertiary/aromatic N) is 2. The number of allylic oxidation sites excluding steroid dienone is 4. The van der Waals surface area contributed by atoms with Crippen molar-refractivity contribution in [2.24, 2.45) is 0 Å². The van der Waals surface area contributed by atoms with Gasteiger partial charge in [-0.2, -0.15) is 0 Å². The van der Waals surface area contributed by atoms with E-state index in [4.69, 9.17) is 0 Å². The fraction of sp³-hybridized carbons (Fsp3) is 0.273. The van der Waals surface area contributed by atoms with Gasteiger partial charge in [0.15, 0.2) is 0 Å². The third kappa shape index (κ3) is 5.74. The van der Waals surface area contributed by atoms with E-state index in [2.05, 4.69) is 157 Å². The quantitative estimate of drug-likeness (QED) is 0.162. The van der Waals surface area contributed by atoms with E-state index in [-0.39, 0.29) is 5.41 Å². The first-order chi connectivity index (χ1) is 28.0. The Morgan fingerprint density at radius 1 is 0.456 bits per heavy atom. The fourth-order valence-electron chi connectivity index (χ4n) is 10.8. The monoisotopic (exact) mass is 740 g/mol. The van der Waals surface area contributed by atoms with Gasteiger partial charge < -0.3 is 9.80 Å². The Balaban J connectivity index is 1.18. The largest absolute Gasteiger partial charge is 0.372 e. The lowest BCUT2D eigenvalue weighted by atomic mass is 9.79. The van der Waals surface area contributed by atoms with Crippen LogP contribution in [0.15, 0.2) is 133 Å². The van der Waals surface area contributed by atoms with Crippen molar-refractivity contribution in [3.05, 3.63) is 150 Å². The number of piperidine rings is 2. The second-order valence-corrected chi connectivity index (χ2v) is 17.6. The number of anilines is 2. The Morgan fingerprint density at radius 2 is 1.05 bits per heavy atom. The van der Waals surface area contributed by atoms with Gasteiger partial charge in [0.1, 0.15) is 0 Å². The van der Waals surface area contributed by atoms with Crippen LogP contribution in [0.1, 0.15) is 81.9 Å². The minimum atomic E-state index is -0.121. The molecule has 0 unspecified atom stereocenters. The van der Waals surface area contributed by atoms with Crippen molar-refractivity contribution in [1.29, 1.82) is 0 Å². The third-order valence-electron chi connectivity index (χ3n) is 13.9. The fourth-order valence-corrected chi connectivity index (χ4v) is 10.8. The molecule has 2 aliphatic heterocycles. The van der Waals surface area contributed by atoms with Crippen LogP contribution in [0.25, 0.3) is 71.3 Å². The maximum absolute atomic E-state index is 2.63. The highest BCUT2D eigenvalue weighted by Gasteiger charge is 2.36. The molecule has 2 heterocycles. The van der Waals surface area contributed by atoms with Gasteiger partial charge in [-0.15, -0.1) is 0 Å². The lowest BCUT2D eigenvalue weighted by Crippen LogP contribution is -2.29. The van der Waals surface area contributed by atoms with Crippen molar-refractivity contribution in [2.45, 2.75) is 70.6 Å². The van der Waals surface area contributed by atoms with Crippen molar-refractivity contribution in [3.63, 3.8) is 0 Å². The molecule has 0 atom stereocenters. The van der Waals surface area contributed by atoms with Crippen LogP contribution in [-0.2, 0) is 5.41 Å². The van der Waals surface area contributed by atoms with Crippen molar-refractivity contribution >= 4 is 49.3 Å². The van der Waals surface area contributed by atoms with Crippen molar-refractivity contribution in [2.75, 3.05) is 36.0 Å². The molecule has 0 aromatic heterocycles. The van der Waals surface area contributed by atoms with Gasteiger partial charge >= 0.3 is 0 Å². The van der Waals surface area contributed by atoms with Gasteiger partial charge in [-0.05, 0) is 176 Å². The van der Waals surface area contributed by atoms with Gasteiger partial charge in [0.2, 0.25) is 0 Å². The molecule has 0 saturated carbocycles. The molecule has 0 amide bonds. The van der Waals surface area contributed by atoms with Gasteiger partial charge in [0.25, 0.3) is 0 Å². The summed E-state index contributed by atoms with van der Waals surface area (Å²) < 4.78 is 0. The standard InChI is InChI=1S/C55H52N2/c1-55(2)51-33-39(37-15-6-3-7-16-37)21-25-44(51)45-26-22-40(34-52(45)55)53-47-27-23-42(57-31-12-5-13-32-57)36-50(47)54(46-20-14-18-38-17-8-9-19-43(38)46)48-28-24-41(35-49(48)53)56-29-10-4-11-30-56/h6,8-9,14-28,33-36H,3-5,7,10-13,29-32H2,1-2H3. The molecule has 4 aliphatic rings. The van der Waals surface area contributed by atoms with Crippen LogP contribution in [0.5, 0.6) is 0 Å². The van der Waals surface area contributed by atoms with Gasteiger partial charge in [0.05, 0.1) is 0 Å². The highest BCUT2D eigenvalue weighted by atomic mass is 15.1. The first kappa shape index (κ1) is 34.6. The molecule has 0 radical (unpaired) electrons. The van der Waals surface area contributed by atoms with E-state index in [0.717, 1.165) is 39.0 Å². The van der Waals surface area contributed by atoms with E-state index >= 15 is 0 Å². The average molecular weight is 741 g/mol. The highest BCUT2D eigenvalue weighted by Crippen LogP contribution is 2.53. The molecule has 7 aromatic rings. The number of fused-ring (bicyclic) bond motifs is 6. The second-order valence-electron chi connectivity index (χ2n) is 17.6. The lowest BCUT2D eigenvalue weighted by Gasteiger charge is -2.31. The van der Waals surface area contributed by atoms with Gasteiger partial charge in [-0.25, -0.2) is 0 Å². The SMILES string of the molecule is CC1(C)c2cc(C3=CCCC=C3)ccc2-c2ccc(-c3c4cc(N5CCCCC5)ccc4c(-c4cccc5ccccc45)c4cc(N5CCCCC5)ccc34)cc21. The second kappa shape index (κ2) is 13.8. The lowest BCUT2D eigenvalue weighted by molar-refractivity contribution is 0.578. The van der Waals surface area contributed by atoms with E-state index in [0.29, 0.717) is 0 Å². The number of hydrogen-bond acceptors (Lipinski definition) is 2. The average Bonchev–Trinajstić information content (AvgIpc) is 3.50. The summed E-state index contributed by atoms with van der Waals surface area (Å²) in [6.45, 7) is 9.40. The Kier molecular flexibility index (Phi) is 8.39. The van der Waals surface area contributed by atoms with Crippen LogP contribution in [0.2, 0.25) is 0 Å². The molecule has 282 valence electrons. The molecular weight excluding hydrogens is 689 g/mol. The molecule has 2 nitrogen and oxygen atoms in total. The molecule has 2 saturated heterocycles. The van der Waals surface area contributed by atoms with Crippen molar-refractivity contribution < 1.29 is 0 Å². The van der Waals surface area contributed by atoms with Crippen LogP contribution in [0, 0.1) is 0 Å². The zero-order valence-corrected chi connectivity index (χ0v) is 33.6. The normalized spacial score (nSPS) is 17.6. The highest BCUT2D eigenvalue weighted by molar-refractivity contribution is 6.24. The molecule has 11 rings (SSSR count). The van der Waals surface area contributed by atoms with E-state index in [1.165, 1.54) is 138 Å². The first-order valence-corrected chi connectivity index (χ1v) is 21.7. The summed E-state index contributed by atoms with van der Waals surface area (Å²) in [6, 6.07) is 45.4. The molecule has 57 heavy (non-hydrogen) atoms. The first-order valence-electron chi connectivity index (χ1n) is 21.7. The molecule has 2 fully saturated rings. The number of rotatable bonds is 5. The van der Waals surface area contributed by atoms with Crippen molar-refractivity contribution in [1.82, 2.24) is 0 Å². The summed E-state index contributed by atoms with van der Waals surface area (Å²) in [5.74, 6) is 0. The topological polar surface area (TPSA) is 6.48 Å². The predicted molar refractivity (Wildman–Crippen MR) is 246 cm³/mol. The van der Waals surface area contributed by atoms with Gasteiger partial charge in [-0.1, -0.05) is 111 Å². The van der Waals surface area contributed by atoms with Gasteiger partial charge in [-0.3, -0.25) is 0 Å². The maximum Gasteiger partial charge on any atom is 0.0372 e. The maximum atomic E-state index is 2.63. The minimum absolute atomic E-state index is 0.121. The summed E-state index contributed by atoms with van der Waals surface area (Å²) in [7, 11) is 0. The summed E-state index contributed by atoms with van der Waals surface area (Å²) in [6.07, 6.45) is 17.0.